The van der Waals surface area contributed by atoms with Gasteiger partial charge >= 0.3 is 0 Å². The highest BCUT2D eigenvalue weighted by Crippen LogP contribution is 2.55. The van der Waals surface area contributed by atoms with Crippen molar-refractivity contribution in [1.29, 1.82) is 0 Å². The second-order valence-corrected chi connectivity index (χ2v) is 6.85. The van der Waals surface area contributed by atoms with Gasteiger partial charge in [-0.1, -0.05) is 13.8 Å². The number of nitrogens with zero attached hydrogens (tertiary/aromatic N) is 1. The Morgan fingerprint density at radius 1 is 1.28 bits per heavy atom. The number of hydrogen-bond donors (Lipinski definition) is 1. The van der Waals surface area contributed by atoms with Gasteiger partial charge in [0.1, 0.15) is 0 Å². The van der Waals surface area contributed by atoms with E-state index >= 15 is 0 Å². The molecule has 3 aliphatic rings. The van der Waals surface area contributed by atoms with Gasteiger partial charge in [0.25, 0.3) is 0 Å². The Morgan fingerprint density at radius 3 is 2.39 bits per heavy atom. The van der Waals surface area contributed by atoms with Crippen molar-refractivity contribution in [3.05, 3.63) is 0 Å². The largest absolute Gasteiger partial charge is 0.342 e. The Hall–Kier alpha value is -0.570. The highest BCUT2D eigenvalue weighted by Gasteiger charge is 2.54. The average molecular weight is 250 g/mol. The first-order chi connectivity index (χ1) is 8.64. The molecule has 3 nitrogen and oxygen atoms in total. The van der Waals surface area contributed by atoms with Crippen LogP contribution in [0.2, 0.25) is 0 Å². The van der Waals surface area contributed by atoms with Crippen LogP contribution in [0.4, 0.5) is 0 Å². The lowest BCUT2D eigenvalue weighted by molar-refractivity contribution is -0.133. The zero-order valence-corrected chi connectivity index (χ0v) is 11.7. The minimum atomic E-state index is 0.320. The number of fused-ring (bicyclic) bond motifs is 1. The Kier molecular flexibility index (Phi) is 3.13. The van der Waals surface area contributed by atoms with E-state index in [9.17, 15) is 4.79 Å². The van der Waals surface area contributed by atoms with Crippen molar-refractivity contribution in [1.82, 2.24) is 10.2 Å². The summed E-state index contributed by atoms with van der Waals surface area (Å²) < 4.78 is 0. The van der Waals surface area contributed by atoms with E-state index < -0.39 is 0 Å². The summed E-state index contributed by atoms with van der Waals surface area (Å²) in [6.07, 6.45) is 4.68. The molecular formula is C15H26N2O. The van der Waals surface area contributed by atoms with Crippen molar-refractivity contribution < 1.29 is 4.79 Å². The zero-order chi connectivity index (χ0) is 12.8. The van der Waals surface area contributed by atoms with Crippen molar-refractivity contribution in [2.45, 2.75) is 39.5 Å². The van der Waals surface area contributed by atoms with Crippen LogP contribution < -0.4 is 5.32 Å². The number of carbonyl (C=O) groups excluding carboxylic acids is 1. The summed E-state index contributed by atoms with van der Waals surface area (Å²) in [4.78, 5) is 14.7. The maximum atomic E-state index is 12.5. The van der Waals surface area contributed by atoms with E-state index in [1.54, 1.807) is 0 Å². The van der Waals surface area contributed by atoms with Crippen molar-refractivity contribution in [2.24, 2.45) is 23.2 Å². The molecule has 1 N–H and O–H groups in total. The minimum Gasteiger partial charge on any atom is -0.342 e. The minimum absolute atomic E-state index is 0.320. The Morgan fingerprint density at radius 2 is 1.89 bits per heavy atom. The standard InChI is InChI=1S/C15H26N2O/c1-3-15(2)8-13(15)14(18)17-6-4-11-9-16-10-12(11)5-7-17/h11-13,16H,3-10H2,1-2H3/t11-,12+,13?,15?. The third-order valence-electron chi connectivity index (χ3n) is 5.79. The van der Waals surface area contributed by atoms with Crippen LogP contribution in [-0.4, -0.2) is 37.0 Å². The van der Waals surface area contributed by atoms with Crippen LogP contribution in [0.15, 0.2) is 0 Å². The maximum Gasteiger partial charge on any atom is 0.226 e. The lowest BCUT2D eigenvalue weighted by Gasteiger charge is -2.22. The fourth-order valence-corrected chi connectivity index (χ4v) is 3.84. The first-order valence-electron chi connectivity index (χ1n) is 7.63. The zero-order valence-electron chi connectivity index (χ0n) is 11.7. The third kappa shape index (κ3) is 2.07. The number of rotatable bonds is 2. The van der Waals surface area contributed by atoms with E-state index in [1.807, 2.05) is 0 Å². The molecule has 4 atom stereocenters. The monoisotopic (exact) mass is 250 g/mol. The molecule has 0 spiro atoms. The Balaban J connectivity index is 1.59. The van der Waals surface area contributed by atoms with Crippen LogP contribution in [0.25, 0.3) is 0 Å². The van der Waals surface area contributed by atoms with E-state index in [2.05, 4.69) is 24.1 Å². The van der Waals surface area contributed by atoms with Gasteiger partial charge in [-0.05, 0) is 56.0 Å². The lowest BCUT2D eigenvalue weighted by atomic mass is 9.92. The molecule has 1 amide bonds. The highest BCUT2D eigenvalue weighted by molar-refractivity contribution is 5.82. The van der Waals surface area contributed by atoms with Crippen LogP contribution in [-0.2, 0) is 4.79 Å². The number of hydrogen-bond acceptors (Lipinski definition) is 2. The molecule has 18 heavy (non-hydrogen) atoms. The highest BCUT2D eigenvalue weighted by atomic mass is 16.2. The van der Waals surface area contributed by atoms with Gasteiger partial charge in [-0.15, -0.1) is 0 Å². The molecule has 0 radical (unpaired) electrons. The summed E-state index contributed by atoms with van der Waals surface area (Å²) >= 11 is 0. The molecule has 102 valence electrons. The van der Waals surface area contributed by atoms with Gasteiger partial charge in [0, 0.05) is 19.0 Å². The molecule has 0 aromatic carbocycles. The SMILES string of the molecule is CCC1(C)CC1C(=O)N1CC[C@@H]2CNC[C@@H]2CC1. The van der Waals surface area contributed by atoms with Crippen molar-refractivity contribution in [2.75, 3.05) is 26.2 Å². The Bertz CT molecular complexity index is 329. The van der Waals surface area contributed by atoms with Gasteiger partial charge in [-0.2, -0.15) is 0 Å². The van der Waals surface area contributed by atoms with Crippen molar-refractivity contribution >= 4 is 5.91 Å². The van der Waals surface area contributed by atoms with Gasteiger partial charge in [0.15, 0.2) is 0 Å². The molecule has 3 heteroatoms. The molecule has 1 aliphatic carbocycles. The fraction of sp³-hybridized carbons (Fsp3) is 0.933. The van der Waals surface area contributed by atoms with E-state index in [1.165, 1.54) is 25.9 Å². The molecule has 1 saturated carbocycles. The quantitative estimate of drug-likeness (QED) is 0.811. The molecule has 2 heterocycles. The third-order valence-corrected chi connectivity index (χ3v) is 5.79. The van der Waals surface area contributed by atoms with Crippen LogP contribution in [0.5, 0.6) is 0 Å². The van der Waals surface area contributed by atoms with Gasteiger partial charge in [0.2, 0.25) is 5.91 Å². The fourth-order valence-electron chi connectivity index (χ4n) is 3.84. The molecule has 3 rings (SSSR count). The van der Waals surface area contributed by atoms with Crippen molar-refractivity contribution in [3.63, 3.8) is 0 Å². The number of carbonyl (C=O) groups is 1. The predicted molar refractivity (Wildman–Crippen MR) is 72.2 cm³/mol. The molecule has 0 bridgehead atoms. The molecule has 0 aromatic rings. The summed E-state index contributed by atoms with van der Waals surface area (Å²) in [7, 11) is 0. The summed E-state index contributed by atoms with van der Waals surface area (Å²) in [5, 5.41) is 3.49. The number of amides is 1. The topological polar surface area (TPSA) is 32.3 Å². The van der Waals surface area contributed by atoms with Crippen LogP contribution in [0.1, 0.15) is 39.5 Å². The molecule has 0 aromatic heterocycles. The van der Waals surface area contributed by atoms with Crippen LogP contribution in [0.3, 0.4) is 0 Å². The second kappa shape index (κ2) is 4.52. The summed E-state index contributed by atoms with van der Waals surface area (Å²) in [6, 6.07) is 0. The second-order valence-electron chi connectivity index (χ2n) is 6.85. The maximum absolute atomic E-state index is 12.5. The van der Waals surface area contributed by atoms with Gasteiger partial charge in [-0.3, -0.25) is 4.79 Å². The summed E-state index contributed by atoms with van der Waals surface area (Å²) in [5.74, 6) is 2.42. The van der Waals surface area contributed by atoms with E-state index in [4.69, 9.17) is 0 Å². The number of nitrogens with one attached hydrogen (secondary N) is 1. The van der Waals surface area contributed by atoms with Gasteiger partial charge in [-0.25, -0.2) is 0 Å². The first kappa shape index (κ1) is 12.5. The normalized spacial score (nSPS) is 43.4. The van der Waals surface area contributed by atoms with Gasteiger partial charge < -0.3 is 10.2 Å². The summed E-state index contributed by atoms with van der Waals surface area (Å²) in [5.41, 5.74) is 0.320. The van der Waals surface area contributed by atoms with Crippen molar-refractivity contribution in [3.8, 4) is 0 Å². The van der Waals surface area contributed by atoms with E-state index in [-0.39, 0.29) is 0 Å². The van der Waals surface area contributed by atoms with Gasteiger partial charge in [0.05, 0.1) is 0 Å². The number of likely N-dealkylation sites (tertiary alicyclic amines) is 1. The average Bonchev–Trinajstić information content (AvgIpc) is 2.95. The predicted octanol–water partition coefficient (Wildman–Crippen LogP) is 1.88. The smallest absolute Gasteiger partial charge is 0.226 e. The van der Waals surface area contributed by atoms with E-state index in [0.717, 1.165) is 37.8 Å². The Labute approximate surface area is 110 Å². The molecular weight excluding hydrogens is 224 g/mol. The lowest BCUT2D eigenvalue weighted by Crippen LogP contribution is -2.35. The molecule has 3 fully saturated rings. The van der Waals surface area contributed by atoms with E-state index in [0.29, 0.717) is 17.2 Å². The summed E-state index contributed by atoms with van der Waals surface area (Å²) in [6.45, 7) is 8.82. The first-order valence-corrected chi connectivity index (χ1v) is 7.63. The van der Waals surface area contributed by atoms with Crippen LogP contribution >= 0.6 is 0 Å². The molecule has 2 aliphatic heterocycles. The molecule has 2 saturated heterocycles. The van der Waals surface area contributed by atoms with Crippen LogP contribution in [0, 0.1) is 23.2 Å². The molecule has 2 unspecified atom stereocenters.